The van der Waals surface area contributed by atoms with E-state index in [1.54, 1.807) is 0 Å². The Kier molecular flexibility index (Phi) is 5.39. The van der Waals surface area contributed by atoms with Crippen LogP contribution in [0.25, 0.3) is 0 Å². The highest BCUT2D eigenvalue weighted by Gasteiger charge is 2.32. The van der Waals surface area contributed by atoms with E-state index in [2.05, 4.69) is 24.1 Å². The van der Waals surface area contributed by atoms with Crippen molar-refractivity contribution in [3.8, 4) is 0 Å². The van der Waals surface area contributed by atoms with Crippen molar-refractivity contribution in [1.82, 2.24) is 10.2 Å². The average Bonchev–Trinajstić information content (AvgIpc) is 2.60. The molecule has 0 aromatic rings. The van der Waals surface area contributed by atoms with E-state index in [4.69, 9.17) is 4.74 Å². The zero-order valence-electron chi connectivity index (χ0n) is 11.7. The molecule has 0 aliphatic carbocycles. The van der Waals surface area contributed by atoms with Gasteiger partial charge in [0.15, 0.2) is 0 Å². The molecule has 0 saturated carbocycles. The van der Waals surface area contributed by atoms with Crippen LogP contribution in [0.1, 0.15) is 39.5 Å². The molecule has 0 aromatic carbocycles. The average molecular weight is 258 g/mol. The van der Waals surface area contributed by atoms with Crippen LogP contribution in [0.5, 0.6) is 0 Å². The molecule has 3 atom stereocenters. The highest BCUT2D eigenvalue weighted by Crippen LogP contribution is 2.22. The van der Waals surface area contributed by atoms with E-state index in [9.17, 15) is 4.39 Å². The number of hydrogen-bond donors (Lipinski definition) is 1. The van der Waals surface area contributed by atoms with Gasteiger partial charge < -0.3 is 10.1 Å². The molecule has 106 valence electrons. The van der Waals surface area contributed by atoms with Gasteiger partial charge in [-0.15, -0.1) is 0 Å². The molecule has 0 bridgehead atoms. The summed E-state index contributed by atoms with van der Waals surface area (Å²) in [7, 11) is 0. The van der Waals surface area contributed by atoms with Crippen LogP contribution in [0.15, 0.2) is 0 Å². The Morgan fingerprint density at radius 3 is 2.78 bits per heavy atom. The van der Waals surface area contributed by atoms with Crippen LogP contribution >= 0.6 is 0 Å². The first-order chi connectivity index (χ1) is 8.66. The minimum absolute atomic E-state index is 0.0447. The molecule has 0 spiro atoms. The first-order valence-corrected chi connectivity index (χ1v) is 7.38. The van der Waals surface area contributed by atoms with Gasteiger partial charge in [0, 0.05) is 44.4 Å². The number of ether oxygens (including phenoxy) is 1. The van der Waals surface area contributed by atoms with Crippen LogP contribution in [0.3, 0.4) is 0 Å². The van der Waals surface area contributed by atoms with E-state index < -0.39 is 6.17 Å². The Labute approximate surface area is 110 Å². The molecule has 2 saturated heterocycles. The number of alkyl halides is 1. The summed E-state index contributed by atoms with van der Waals surface area (Å²) in [5.41, 5.74) is 0. The van der Waals surface area contributed by atoms with Crippen LogP contribution in [0, 0.1) is 0 Å². The first-order valence-electron chi connectivity index (χ1n) is 7.38. The van der Waals surface area contributed by atoms with Gasteiger partial charge in [-0.25, -0.2) is 4.39 Å². The molecule has 4 heteroatoms. The fourth-order valence-electron chi connectivity index (χ4n) is 3.13. The third-order valence-electron chi connectivity index (χ3n) is 4.06. The Hall–Kier alpha value is -0.190. The van der Waals surface area contributed by atoms with Crippen LogP contribution in [-0.2, 0) is 4.74 Å². The summed E-state index contributed by atoms with van der Waals surface area (Å²) in [5, 5.41) is 3.34. The normalized spacial score (nSPS) is 35.7. The number of likely N-dealkylation sites (tertiary alicyclic amines) is 1. The summed E-state index contributed by atoms with van der Waals surface area (Å²) in [4.78, 5) is 2.35. The quantitative estimate of drug-likeness (QED) is 0.837. The zero-order valence-corrected chi connectivity index (χ0v) is 11.7. The molecule has 0 aromatic heterocycles. The molecule has 18 heavy (non-hydrogen) atoms. The lowest BCUT2D eigenvalue weighted by atomic mass is 9.98. The summed E-state index contributed by atoms with van der Waals surface area (Å²) in [6, 6.07) is 0.945. The van der Waals surface area contributed by atoms with Crippen molar-refractivity contribution in [1.29, 1.82) is 0 Å². The minimum atomic E-state index is -0.731. The molecule has 2 aliphatic heterocycles. The van der Waals surface area contributed by atoms with Crippen molar-refractivity contribution < 1.29 is 9.13 Å². The van der Waals surface area contributed by atoms with Crippen molar-refractivity contribution in [2.75, 3.05) is 26.3 Å². The summed E-state index contributed by atoms with van der Waals surface area (Å²) in [6.07, 6.45) is 3.54. The second kappa shape index (κ2) is 6.83. The summed E-state index contributed by atoms with van der Waals surface area (Å²) in [5.74, 6) is 0. The molecule has 2 fully saturated rings. The Balaban J connectivity index is 1.82. The summed E-state index contributed by atoms with van der Waals surface area (Å²) in [6.45, 7) is 7.50. The van der Waals surface area contributed by atoms with Gasteiger partial charge in [-0.2, -0.15) is 0 Å². The molecule has 2 rings (SSSR count). The second-order valence-electron chi connectivity index (χ2n) is 5.92. The van der Waals surface area contributed by atoms with E-state index in [-0.39, 0.29) is 6.04 Å². The second-order valence-corrected chi connectivity index (χ2v) is 5.92. The summed E-state index contributed by atoms with van der Waals surface area (Å²) < 4.78 is 19.7. The summed E-state index contributed by atoms with van der Waals surface area (Å²) >= 11 is 0. The van der Waals surface area contributed by atoms with E-state index in [1.165, 1.54) is 0 Å². The maximum Gasteiger partial charge on any atom is 0.128 e. The standard InChI is InChI=1S/C14H27FN2O/c1-11(2)16-14-5-7-17(10-13(14)15)12-4-3-8-18-9-6-12/h11-14,16H,3-10H2,1-2H3/t12?,13-,14+/m0/s1. The van der Waals surface area contributed by atoms with Gasteiger partial charge in [-0.3, -0.25) is 4.90 Å². The van der Waals surface area contributed by atoms with E-state index in [0.717, 1.165) is 45.4 Å². The highest BCUT2D eigenvalue weighted by molar-refractivity contribution is 4.89. The molecule has 2 aliphatic rings. The minimum Gasteiger partial charge on any atom is -0.381 e. The van der Waals surface area contributed by atoms with E-state index >= 15 is 0 Å². The van der Waals surface area contributed by atoms with Gasteiger partial charge in [-0.05, 0) is 25.7 Å². The van der Waals surface area contributed by atoms with Crippen LogP contribution < -0.4 is 5.32 Å². The van der Waals surface area contributed by atoms with Crippen molar-refractivity contribution in [3.05, 3.63) is 0 Å². The third-order valence-corrected chi connectivity index (χ3v) is 4.06. The van der Waals surface area contributed by atoms with E-state index in [0.29, 0.717) is 18.6 Å². The van der Waals surface area contributed by atoms with Crippen LogP contribution in [-0.4, -0.2) is 55.5 Å². The fourth-order valence-corrected chi connectivity index (χ4v) is 3.13. The zero-order chi connectivity index (χ0) is 13.0. The van der Waals surface area contributed by atoms with Gasteiger partial charge in [0.05, 0.1) is 0 Å². The van der Waals surface area contributed by atoms with E-state index in [1.807, 2.05) is 0 Å². The smallest absolute Gasteiger partial charge is 0.128 e. The predicted octanol–water partition coefficient (Wildman–Crippen LogP) is 1.97. The molecule has 2 heterocycles. The Bertz CT molecular complexity index is 242. The Morgan fingerprint density at radius 1 is 1.22 bits per heavy atom. The van der Waals surface area contributed by atoms with Crippen molar-refractivity contribution in [2.45, 2.75) is 63.8 Å². The number of nitrogens with one attached hydrogen (secondary N) is 1. The predicted molar refractivity (Wildman–Crippen MR) is 71.6 cm³/mol. The van der Waals surface area contributed by atoms with Gasteiger partial charge in [-0.1, -0.05) is 13.8 Å². The fraction of sp³-hybridized carbons (Fsp3) is 1.00. The van der Waals surface area contributed by atoms with Crippen molar-refractivity contribution in [2.24, 2.45) is 0 Å². The first kappa shape index (κ1) is 14.2. The van der Waals surface area contributed by atoms with Crippen LogP contribution in [0.2, 0.25) is 0 Å². The highest BCUT2D eigenvalue weighted by atomic mass is 19.1. The number of hydrogen-bond acceptors (Lipinski definition) is 3. The maximum absolute atomic E-state index is 14.2. The number of rotatable bonds is 3. The Morgan fingerprint density at radius 2 is 2.06 bits per heavy atom. The topological polar surface area (TPSA) is 24.5 Å². The lowest BCUT2D eigenvalue weighted by Gasteiger charge is -2.40. The molecular formula is C14H27FN2O. The SMILES string of the molecule is CC(C)N[C@@H]1CCN(C2CCCOCC2)C[C@@H]1F. The largest absolute Gasteiger partial charge is 0.381 e. The molecular weight excluding hydrogens is 231 g/mol. The number of piperidine rings is 1. The molecule has 0 radical (unpaired) electrons. The molecule has 3 nitrogen and oxygen atoms in total. The van der Waals surface area contributed by atoms with Gasteiger partial charge in [0.25, 0.3) is 0 Å². The lowest BCUT2D eigenvalue weighted by molar-refractivity contribution is 0.0597. The maximum atomic E-state index is 14.2. The van der Waals surface area contributed by atoms with Gasteiger partial charge in [0.1, 0.15) is 6.17 Å². The third kappa shape index (κ3) is 3.90. The number of halogens is 1. The van der Waals surface area contributed by atoms with Crippen molar-refractivity contribution >= 4 is 0 Å². The monoisotopic (exact) mass is 258 g/mol. The lowest BCUT2D eigenvalue weighted by Crippen LogP contribution is -2.54. The van der Waals surface area contributed by atoms with Gasteiger partial charge in [0.2, 0.25) is 0 Å². The molecule has 1 N–H and O–H groups in total. The van der Waals surface area contributed by atoms with Crippen molar-refractivity contribution in [3.63, 3.8) is 0 Å². The van der Waals surface area contributed by atoms with Crippen LogP contribution in [0.4, 0.5) is 4.39 Å². The molecule has 0 amide bonds. The number of nitrogens with zero attached hydrogens (tertiary/aromatic N) is 1. The van der Waals surface area contributed by atoms with Gasteiger partial charge >= 0.3 is 0 Å². The molecule has 1 unspecified atom stereocenters.